The van der Waals surface area contributed by atoms with Crippen molar-refractivity contribution in [3.63, 3.8) is 0 Å². The van der Waals surface area contributed by atoms with E-state index in [1.165, 1.54) is 37.3 Å². The van der Waals surface area contributed by atoms with Crippen LogP contribution in [0.4, 0.5) is 8.78 Å². The van der Waals surface area contributed by atoms with Crippen molar-refractivity contribution in [3.8, 4) is 11.4 Å². The van der Waals surface area contributed by atoms with Gasteiger partial charge in [-0.2, -0.15) is 4.39 Å². The van der Waals surface area contributed by atoms with Gasteiger partial charge in [0.25, 0.3) is 0 Å². The zero-order valence-corrected chi connectivity index (χ0v) is 12.1. The van der Waals surface area contributed by atoms with E-state index in [0.717, 1.165) is 12.5 Å². The Kier molecular flexibility index (Phi) is 3.70. The van der Waals surface area contributed by atoms with Gasteiger partial charge in [-0.15, -0.1) is 0 Å². The van der Waals surface area contributed by atoms with Crippen molar-refractivity contribution in [2.45, 2.75) is 39.0 Å². The summed E-state index contributed by atoms with van der Waals surface area (Å²) in [6.07, 6.45) is 7.78. The lowest BCUT2D eigenvalue weighted by Crippen LogP contribution is -2.14. The topological polar surface area (TPSA) is 25.8 Å². The molecule has 1 aliphatic carbocycles. The fraction of sp³-hybridized carbons (Fsp3) is 0.412. The maximum atomic E-state index is 13.2. The van der Waals surface area contributed by atoms with Crippen LogP contribution in [-0.2, 0) is 6.42 Å². The van der Waals surface area contributed by atoms with Crippen LogP contribution in [0.3, 0.4) is 0 Å². The highest BCUT2D eigenvalue weighted by atomic mass is 19.2. The Labute approximate surface area is 123 Å². The molecule has 0 unspecified atom stereocenters. The molecule has 2 nitrogen and oxygen atoms in total. The number of pyridine rings is 2. The Morgan fingerprint density at radius 2 is 1.86 bits per heavy atom. The van der Waals surface area contributed by atoms with E-state index in [4.69, 9.17) is 0 Å². The van der Waals surface area contributed by atoms with Crippen molar-refractivity contribution in [3.05, 3.63) is 47.8 Å². The third-order valence-corrected chi connectivity index (χ3v) is 4.33. The molecule has 1 saturated carbocycles. The molecule has 0 aromatic carbocycles. The van der Waals surface area contributed by atoms with Crippen LogP contribution in [0.1, 0.15) is 38.2 Å². The molecule has 0 N–H and O–H groups in total. The van der Waals surface area contributed by atoms with E-state index >= 15 is 0 Å². The second-order valence-electron chi connectivity index (χ2n) is 6.21. The first-order chi connectivity index (χ1) is 10.1. The van der Waals surface area contributed by atoms with E-state index in [-0.39, 0.29) is 0 Å². The van der Waals surface area contributed by atoms with Crippen molar-refractivity contribution >= 4 is 0 Å². The molecule has 2 aromatic heterocycles. The largest absolute Gasteiger partial charge is 0.255 e. The normalized spacial score (nSPS) is 17.1. The van der Waals surface area contributed by atoms with Gasteiger partial charge in [-0.25, -0.2) is 9.37 Å². The molecule has 0 spiro atoms. The predicted octanol–water partition coefficient (Wildman–Crippen LogP) is 4.54. The third-order valence-electron chi connectivity index (χ3n) is 4.33. The summed E-state index contributed by atoms with van der Waals surface area (Å²) in [5.74, 6) is -2.02. The minimum Gasteiger partial charge on any atom is -0.255 e. The van der Waals surface area contributed by atoms with E-state index in [1.54, 1.807) is 6.20 Å². The Hall–Kier alpha value is -1.84. The summed E-state index contributed by atoms with van der Waals surface area (Å²) in [4.78, 5) is 7.86. The van der Waals surface area contributed by atoms with Crippen LogP contribution < -0.4 is 0 Å². The number of hydrogen-bond acceptors (Lipinski definition) is 2. The maximum Gasteiger partial charge on any atom is 0.249 e. The highest BCUT2D eigenvalue weighted by Gasteiger charge is 2.28. The summed E-state index contributed by atoms with van der Waals surface area (Å²) >= 11 is 0. The monoisotopic (exact) mass is 288 g/mol. The SMILES string of the molecule is CC1(Cc2ccnc(-c3ccc(F)c(F)n3)c2)CCCC1. The molecular weight excluding hydrogens is 270 g/mol. The van der Waals surface area contributed by atoms with E-state index < -0.39 is 11.8 Å². The standard InChI is InChI=1S/C17H18F2N2/c1-17(7-2-3-8-17)11-12-6-9-20-15(10-12)14-5-4-13(18)16(19)21-14/h4-6,9-10H,2-3,7-8,11H2,1H3. The fourth-order valence-corrected chi connectivity index (χ4v) is 3.18. The Balaban J connectivity index is 1.87. The number of hydrogen-bond donors (Lipinski definition) is 0. The minimum atomic E-state index is -1.08. The molecule has 0 bridgehead atoms. The number of rotatable bonds is 3. The van der Waals surface area contributed by atoms with Gasteiger partial charge in [-0.3, -0.25) is 4.98 Å². The van der Waals surface area contributed by atoms with Crippen LogP contribution in [0, 0.1) is 17.2 Å². The maximum absolute atomic E-state index is 13.2. The van der Waals surface area contributed by atoms with Gasteiger partial charge < -0.3 is 0 Å². The summed E-state index contributed by atoms with van der Waals surface area (Å²) in [7, 11) is 0. The second-order valence-corrected chi connectivity index (χ2v) is 6.21. The molecule has 21 heavy (non-hydrogen) atoms. The summed E-state index contributed by atoms with van der Waals surface area (Å²) in [5, 5.41) is 0. The molecule has 1 aliphatic rings. The molecule has 110 valence electrons. The van der Waals surface area contributed by atoms with Crippen molar-refractivity contribution < 1.29 is 8.78 Å². The Morgan fingerprint density at radius 3 is 2.57 bits per heavy atom. The molecule has 2 aromatic rings. The van der Waals surface area contributed by atoms with E-state index in [1.807, 2.05) is 12.1 Å². The molecule has 0 saturated heterocycles. The van der Waals surface area contributed by atoms with Gasteiger partial charge in [0, 0.05) is 6.20 Å². The van der Waals surface area contributed by atoms with E-state index in [2.05, 4.69) is 16.9 Å². The van der Waals surface area contributed by atoms with E-state index in [0.29, 0.717) is 16.8 Å². The first kappa shape index (κ1) is 14.1. The average Bonchev–Trinajstić information content (AvgIpc) is 2.88. The zero-order valence-electron chi connectivity index (χ0n) is 12.1. The number of halogens is 2. The molecule has 0 radical (unpaired) electrons. The third kappa shape index (κ3) is 3.09. The summed E-state index contributed by atoms with van der Waals surface area (Å²) < 4.78 is 26.2. The van der Waals surface area contributed by atoms with Crippen molar-refractivity contribution in [1.82, 2.24) is 9.97 Å². The van der Waals surface area contributed by atoms with Crippen molar-refractivity contribution in [1.29, 1.82) is 0 Å². The average molecular weight is 288 g/mol. The highest BCUT2D eigenvalue weighted by Crippen LogP contribution is 2.40. The molecule has 1 fully saturated rings. The van der Waals surface area contributed by atoms with Crippen LogP contribution in [0.25, 0.3) is 11.4 Å². The number of nitrogens with zero attached hydrogens (tertiary/aromatic N) is 2. The molecule has 0 atom stereocenters. The lowest BCUT2D eigenvalue weighted by molar-refractivity contribution is 0.334. The molecule has 4 heteroatoms. The summed E-state index contributed by atoms with van der Waals surface area (Å²) in [6, 6.07) is 6.47. The van der Waals surface area contributed by atoms with E-state index in [9.17, 15) is 8.78 Å². The van der Waals surface area contributed by atoms with Gasteiger partial charge >= 0.3 is 0 Å². The molecular formula is C17H18F2N2. The smallest absolute Gasteiger partial charge is 0.249 e. The van der Waals surface area contributed by atoms with Gasteiger partial charge in [-0.05, 0) is 54.5 Å². The molecule has 0 amide bonds. The first-order valence-corrected chi connectivity index (χ1v) is 7.33. The lowest BCUT2D eigenvalue weighted by Gasteiger charge is -2.23. The van der Waals surface area contributed by atoms with Gasteiger partial charge in [0.1, 0.15) is 0 Å². The molecule has 3 rings (SSSR count). The van der Waals surface area contributed by atoms with Crippen LogP contribution in [-0.4, -0.2) is 9.97 Å². The predicted molar refractivity (Wildman–Crippen MR) is 77.7 cm³/mol. The zero-order chi connectivity index (χ0) is 14.9. The van der Waals surface area contributed by atoms with Crippen molar-refractivity contribution in [2.24, 2.45) is 5.41 Å². The highest BCUT2D eigenvalue weighted by molar-refractivity contribution is 5.54. The van der Waals surface area contributed by atoms with Crippen LogP contribution >= 0.6 is 0 Å². The van der Waals surface area contributed by atoms with Crippen LogP contribution in [0.2, 0.25) is 0 Å². The Bertz CT molecular complexity index is 649. The Morgan fingerprint density at radius 1 is 1.10 bits per heavy atom. The lowest BCUT2D eigenvalue weighted by atomic mass is 9.82. The number of aromatic nitrogens is 2. The minimum absolute atomic E-state index is 0.347. The van der Waals surface area contributed by atoms with Crippen molar-refractivity contribution in [2.75, 3.05) is 0 Å². The molecule has 2 heterocycles. The van der Waals surface area contributed by atoms with Gasteiger partial charge in [-0.1, -0.05) is 19.8 Å². The van der Waals surface area contributed by atoms with Gasteiger partial charge in [0.2, 0.25) is 5.95 Å². The van der Waals surface area contributed by atoms with Gasteiger partial charge in [0.05, 0.1) is 11.4 Å². The quantitative estimate of drug-likeness (QED) is 0.775. The fourth-order valence-electron chi connectivity index (χ4n) is 3.18. The first-order valence-electron chi connectivity index (χ1n) is 7.33. The van der Waals surface area contributed by atoms with Crippen LogP contribution in [0.5, 0.6) is 0 Å². The van der Waals surface area contributed by atoms with Gasteiger partial charge in [0.15, 0.2) is 5.82 Å². The van der Waals surface area contributed by atoms with Crippen LogP contribution in [0.15, 0.2) is 30.5 Å². The summed E-state index contributed by atoms with van der Waals surface area (Å²) in [5.41, 5.74) is 2.48. The second kappa shape index (κ2) is 5.51. The molecule has 0 aliphatic heterocycles. The summed E-state index contributed by atoms with van der Waals surface area (Å²) in [6.45, 7) is 2.32.